The molecule has 0 aliphatic carbocycles. The smallest absolute Gasteiger partial charge is 0.237 e. The number of halogens is 1. The maximum Gasteiger partial charge on any atom is 0.237 e. The lowest BCUT2D eigenvalue weighted by molar-refractivity contribution is -0.115. The molecule has 1 unspecified atom stereocenters. The lowest BCUT2D eigenvalue weighted by Crippen LogP contribution is -2.22. The molecular formula is C23H21ClN2OS. The van der Waals surface area contributed by atoms with Crippen molar-refractivity contribution in [3.8, 4) is 0 Å². The number of fused-ring (bicyclic) bond motifs is 3. The number of rotatable bonds is 5. The van der Waals surface area contributed by atoms with Crippen LogP contribution in [0.15, 0.2) is 71.6 Å². The molecule has 1 amide bonds. The number of nitrogens with one attached hydrogen (secondary N) is 1. The average Bonchev–Trinajstić information content (AvgIpc) is 3.02. The normalized spacial score (nSPS) is 12.4. The summed E-state index contributed by atoms with van der Waals surface area (Å²) in [7, 11) is 0. The molecule has 1 aromatic heterocycles. The Kier molecular flexibility index (Phi) is 5.33. The van der Waals surface area contributed by atoms with Gasteiger partial charge in [0, 0.05) is 44.0 Å². The van der Waals surface area contributed by atoms with Gasteiger partial charge in [0.1, 0.15) is 0 Å². The number of carbonyl (C=O) groups excluding carboxylic acids is 1. The highest BCUT2D eigenvalue weighted by Crippen LogP contribution is 2.31. The standard InChI is InChI=1S/C23H21ClN2OS/c1-3-26-21-7-5-4-6-19(21)20-14-17(10-13-22(20)26)25-23(27)15(2)28-18-11-8-16(24)9-12-18/h4-15H,3H2,1-2H3,(H,25,27). The van der Waals surface area contributed by atoms with Gasteiger partial charge in [0.05, 0.1) is 5.25 Å². The fraction of sp³-hybridized carbons (Fsp3) is 0.174. The largest absolute Gasteiger partial charge is 0.341 e. The predicted octanol–water partition coefficient (Wildman–Crippen LogP) is 6.59. The zero-order valence-corrected chi connectivity index (χ0v) is 17.3. The summed E-state index contributed by atoms with van der Waals surface area (Å²) < 4.78 is 2.30. The Hall–Kier alpha value is -2.43. The van der Waals surface area contributed by atoms with E-state index >= 15 is 0 Å². The first-order valence-electron chi connectivity index (χ1n) is 9.31. The molecule has 4 rings (SSSR count). The SMILES string of the molecule is CCn1c2ccccc2c2cc(NC(=O)C(C)Sc3ccc(Cl)cc3)ccc21. The van der Waals surface area contributed by atoms with Gasteiger partial charge in [-0.2, -0.15) is 0 Å². The van der Waals surface area contributed by atoms with Crippen LogP contribution in [0.2, 0.25) is 5.02 Å². The van der Waals surface area contributed by atoms with E-state index in [0.717, 1.165) is 22.5 Å². The Morgan fingerprint density at radius 1 is 1.04 bits per heavy atom. The molecule has 0 spiro atoms. The Morgan fingerprint density at radius 3 is 2.50 bits per heavy atom. The maximum absolute atomic E-state index is 12.7. The molecule has 142 valence electrons. The molecule has 5 heteroatoms. The third kappa shape index (κ3) is 3.62. The number of amides is 1. The van der Waals surface area contributed by atoms with E-state index in [1.807, 2.05) is 37.3 Å². The quantitative estimate of drug-likeness (QED) is 0.378. The van der Waals surface area contributed by atoms with Gasteiger partial charge in [-0.1, -0.05) is 29.8 Å². The molecule has 0 bridgehead atoms. The minimum Gasteiger partial charge on any atom is -0.341 e. The van der Waals surface area contributed by atoms with Crippen LogP contribution in [0.3, 0.4) is 0 Å². The topological polar surface area (TPSA) is 34.0 Å². The molecule has 3 nitrogen and oxygen atoms in total. The molecule has 0 aliphatic rings. The number of aromatic nitrogens is 1. The third-order valence-electron chi connectivity index (χ3n) is 4.85. The van der Waals surface area contributed by atoms with E-state index in [-0.39, 0.29) is 11.2 Å². The van der Waals surface area contributed by atoms with Gasteiger partial charge < -0.3 is 9.88 Å². The van der Waals surface area contributed by atoms with Gasteiger partial charge in [0.15, 0.2) is 0 Å². The number of anilines is 1. The zero-order chi connectivity index (χ0) is 19.7. The second-order valence-electron chi connectivity index (χ2n) is 6.70. The van der Waals surface area contributed by atoms with Gasteiger partial charge in [-0.15, -0.1) is 11.8 Å². The molecule has 4 aromatic rings. The summed E-state index contributed by atoms with van der Waals surface area (Å²) in [5.74, 6) is -0.0153. The molecule has 0 fully saturated rings. The van der Waals surface area contributed by atoms with Gasteiger partial charge >= 0.3 is 0 Å². The first kappa shape index (κ1) is 18.9. The van der Waals surface area contributed by atoms with Crippen molar-refractivity contribution in [1.29, 1.82) is 0 Å². The Labute approximate surface area is 173 Å². The number of hydrogen-bond donors (Lipinski definition) is 1. The van der Waals surface area contributed by atoms with Crippen LogP contribution in [0.1, 0.15) is 13.8 Å². The van der Waals surface area contributed by atoms with Crippen molar-refractivity contribution in [2.45, 2.75) is 30.5 Å². The summed E-state index contributed by atoms with van der Waals surface area (Å²) in [4.78, 5) is 13.7. The fourth-order valence-electron chi connectivity index (χ4n) is 3.49. The lowest BCUT2D eigenvalue weighted by atomic mass is 10.1. The second-order valence-corrected chi connectivity index (χ2v) is 8.55. The molecule has 0 saturated heterocycles. The van der Waals surface area contributed by atoms with E-state index < -0.39 is 0 Å². The van der Waals surface area contributed by atoms with E-state index in [1.54, 1.807) is 0 Å². The Balaban J connectivity index is 1.58. The third-order valence-corrected chi connectivity index (χ3v) is 6.22. The lowest BCUT2D eigenvalue weighted by Gasteiger charge is -2.12. The molecule has 0 radical (unpaired) electrons. The van der Waals surface area contributed by atoms with Gasteiger partial charge in [0.25, 0.3) is 0 Å². The van der Waals surface area contributed by atoms with Crippen LogP contribution in [-0.2, 0) is 11.3 Å². The molecule has 1 N–H and O–H groups in total. The van der Waals surface area contributed by atoms with E-state index in [1.165, 1.54) is 28.2 Å². The summed E-state index contributed by atoms with van der Waals surface area (Å²) in [5, 5.41) is 5.91. The number of benzene rings is 3. The zero-order valence-electron chi connectivity index (χ0n) is 15.8. The van der Waals surface area contributed by atoms with Gasteiger partial charge in [0.2, 0.25) is 5.91 Å². The van der Waals surface area contributed by atoms with Crippen molar-refractivity contribution < 1.29 is 4.79 Å². The minimum absolute atomic E-state index is 0.0153. The number of hydrogen-bond acceptors (Lipinski definition) is 2. The molecule has 0 saturated carbocycles. The van der Waals surface area contributed by atoms with Crippen LogP contribution < -0.4 is 5.32 Å². The number of thioether (sulfide) groups is 1. The number of para-hydroxylation sites is 1. The fourth-order valence-corrected chi connectivity index (χ4v) is 4.48. The summed E-state index contributed by atoms with van der Waals surface area (Å²) in [6, 6.07) is 22.1. The molecule has 28 heavy (non-hydrogen) atoms. The summed E-state index contributed by atoms with van der Waals surface area (Å²) in [6.45, 7) is 4.97. The van der Waals surface area contributed by atoms with Crippen molar-refractivity contribution in [2.24, 2.45) is 0 Å². The number of nitrogens with zero attached hydrogens (tertiary/aromatic N) is 1. The summed E-state index contributed by atoms with van der Waals surface area (Å²) >= 11 is 7.45. The molecule has 0 aliphatic heterocycles. The van der Waals surface area contributed by atoms with Crippen LogP contribution in [0, 0.1) is 0 Å². The average molecular weight is 409 g/mol. The molecule has 3 aromatic carbocycles. The number of aryl methyl sites for hydroxylation is 1. The van der Waals surface area contributed by atoms with Crippen molar-refractivity contribution >= 4 is 56.8 Å². The van der Waals surface area contributed by atoms with E-state index in [9.17, 15) is 4.79 Å². The van der Waals surface area contributed by atoms with Crippen LogP contribution in [0.4, 0.5) is 5.69 Å². The molecule has 1 heterocycles. The first-order chi connectivity index (χ1) is 13.6. The van der Waals surface area contributed by atoms with E-state index in [4.69, 9.17) is 11.6 Å². The van der Waals surface area contributed by atoms with Crippen molar-refractivity contribution in [3.63, 3.8) is 0 Å². The highest BCUT2D eigenvalue weighted by atomic mass is 35.5. The van der Waals surface area contributed by atoms with Crippen molar-refractivity contribution in [2.75, 3.05) is 5.32 Å². The summed E-state index contributed by atoms with van der Waals surface area (Å²) in [6.07, 6.45) is 0. The minimum atomic E-state index is -0.214. The summed E-state index contributed by atoms with van der Waals surface area (Å²) in [5.41, 5.74) is 3.22. The Bertz CT molecular complexity index is 1150. The van der Waals surface area contributed by atoms with Crippen molar-refractivity contribution in [3.05, 3.63) is 71.8 Å². The number of carbonyl (C=O) groups is 1. The van der Waals surface area contributed by atoms with Crippen LogP contribution in [-0.4, -0.2) is 15.7 Å². The maximum atomic E-state index is 12.7. The van der Waals surface area contributed by atoms with Crippen molar-refractivity contribution in [1.82, 2.24) is 4.57 Å². The van der Waals surface area contributed by atoms with Gasteiger partial charge in [-0.3, -0.25) is 4.79 Å². The predicted molar refractivity (Wildman–Crippen MR) is 121 cm³/mol. The Morgan fingerprint density at radius 2 is 1.75 bits per heavy atom. The first-order valence-corrected chi connectivity index (χ1v) is 10.6. The van der Waals surface area contributed by atoms with Crippen LogP contribution in [0.5, 0.6) is 0 Å². The van der Waals surface area contributed by atoms with Crippen LogP contribution >= 0.6 is 23.4 Å². The molecular weight excluding hydrogens is 388 g/mol. The molecule has 1 atom stereocenters. The van der Waals surface area contributed by atoms with Gasteiger partial charge in [-0.25, -0.2) is 0 Å². The highest BCUT2D eigenvalue weighted by Gasteiger charge is 2.16. The van der Waals surface area contributed by atoms with Crippen LogP contribution in [0.25, 0.3) is 21.8 Å². The van der Waals surface area contributed by atoms with E-state index in [0.29, 0.717) is 5.02 Å². The monoisotopic (exact) mass is 408 g/mol. The highest BCUT2D eigenvalue weighted by molar-refractivity contribution is 8.00. The van der Waals surface area contributed by atoms with Gasteiger partial charge in [-0.05, 0) is 62.4 Å². The second kappa shape index (κ2) is 7.90. The van der Waals surface area contributed by atoms with E-state index in [2.05, 4.69) is 53.2 Å².